The lowest BCUT2D eigenvalue weighted by Gasteiger charge is -2.16. The molecular formula is C15H20O3S. The fraction of sp³-hybridized carbons (Fsp3) is 0.400. The van der Waals surface area contributed by atoms with Crippen LogP contribution in [0.2, 0.25) is 0 Å². The van der Waals surface area contributed by atoms with Gasteiger partial charge in [0.05, 0.1) is 13.2 Å². The predicted molar refractivity (Wildman–Crippen MR) is 79.2 cm³/mol. The first-order valence-electron chi connectivity index (χ1n) is 6.20. The summed E-state index contributed by atoms with van der Waals surface area (Å²) in [4.78, 5) is 11.0. The van der Waals surface area contributed by atoms with E-state index in [0.29, 0.717) is 13.2 Å². The third kappa shape index (κ3) is 7.70. The SMILES string of the molecule is C=CCOCC(CSCc1ccccc1)OC(C)=O. The molecule has 0 aliphatic heterocycles. The van der Waals surface area contributed by atoms with Crippen LogP contribution in [-0.4, -0.2) is 31.0 Å². The van der Waals surface area contributed by atoms with Crippen molar-refractivity contribution in [3.05, 3.63) is 48.6 Å². The summed E-state index contributed by atoms with van der Waals surface area (Å²) in [6.45, 7) is 5.88. The standard InChI is InChI=1S/C15H20O3S/c1-3-9-17-10-15(18-13(2)16)12-19-11-14-7-5-4-6-8-14/h3-8,15H,1,9-12H2,2H3. The predicted octanol–water partition coefficient (Wildman–Crippen LogP) is 3.05. The van der Waals surface area contributed by atoms with E-state index in [1.54, 1.807) is 17.8 Å². The Bertz CT molecular complexity index is 378. The molecule has 3 nitrogen and oxygen atoms in total. The molecule has 1 unspecified atom stereocenters. The molecule has 1 atom stereocenters. The molecule has 4 heteroatoms. The number of hydrogen-bond donors (Lipinski definition) is 0. The van der Waals surface area contributed by atoms with E-state index in [0.717, 1.165) is 11.5 Å². The van der Waals surface area contributed by atoms with Crippen molar-refractivity contribution >= 4 is 17.7 Å². The van der Waals surface area contributed by atoms with Crippen molar-refractivity contribution in [2.24, 2.45) is 0 Å². The molecule has 0 aliphatic carbocycles. The van der Waals surface area contributed by atoms with E-state index in [1.807, 2.05) is 18.2 Å². The Morgan fingerprint density at radius 1 is 1.42 bits per heavy atom. The van der Waals surface area contributed by atoms with E-state index >= 15 is 0 Å². The quantitative estimate of drug-likeness (QED) is 0.396. The number of thioether (sulfide) groups is 1. The highest BCUT2D eigenvalue weighted by Crippen LogP contribution is 2.14. The fourth-order valence-corrected chi connectivity index (χ4v) is 2.49. The van der Waals surface area contributed by atoms with Crippen molar-refractivity contribution in [1.29, 1.82) is 0 Å². The van der Waals surface area contributed by atoms with Crippen LogP contribution in [0.25, 0.3) is 0 Å². The Labute approximate surface area is 119 Å². The van der Waals surface area contributed by atoms with Crippen LogP contribution in [0.5, 0.6) is 0 Å². The van der Waals surface area contributed by atoms with Gasteiger partial charge in [-0.2, -0.15) is 11.8 Å². The Balaban J connectivity index is 2.30. The molecule has 0 aromatic heterocycles. The van der Waals surface area contributed by atoms with Crippen molar-refractivity contribution in [2.75, 3.05) is 19.0 Å². The van der Waals surface area contributed by atoms with Crippen LogP contribution in [0, 0.1) is 0 Å². The molecule has 0 aliphatic rings. The molecule has 1 rings (SSSR count). The van der Waals surface area contributed by atoms with Crippen molar-refractivity contribution in [3.8, 4) is 0 Å². The first-order chi connectivity index (χ1) is 9.22. The summed E-state index contributed by atoms with van der Waals surface area (Å²) in [6.07, 6.45) is 1.48. The minimum atomic E-state index is -0.271. The van der Waals surface area contributed by atoms with E-state index in [-0.39, 0.29) is 12.1 Å². The molecule has 0 N–H and O–H groups in total. The van der Waals surface area contributed by atoms with Crippen molar-refractivity contribution in [2.45, 2.75) is 18.8 Å². The van der Waals surface area contributed by atoms with E-state index in [4.69, 9.17) is 9.47 Å². The van der Waals surface area contributed by atoms with Gasteiger partial charge in [-0.15, -0.1) is 6.58 Å². The van der Waals surface area contributed by atoms with Crippen molar-refractivity contribution < 1.29 is 14.3 Å². The van der Waals surface area contributed by atoms with Gasteiger partial charge in [0.25, 0.3) is 0 Å². The molecule has 104 valence electrons. The Kier molecular flexibility index (Phi) is 8.02. The normalized spacial score (nSPS) is 11.8. The summed E-state index contributed by atoms with van der Waals surface area (Å²) >= 11 is 1.73. The minimum Gasteiger partial charge on any atom is -0.459 e. The summed E-state index contributed by atoms with van der Waals surface area (Å²) in [5.41, 5.74) is 1.26. The molecule has 0 fully saturated rings. The van der Waals surface area contributed by atoms with Crippen LogP contribution < -0.4 is 0 Å². The molecular weight excluding hydrogens is 260 g/mol. The number of rotatable bonds is 9. The second kappa shape index (κ2) is 9.64. The highest BCUT2D eigenvalue weighted by molar-refractivity contribution is 7.98. The molecule has 0 heterocycles. The van der Waals surface area contributed by atoms with Crippen LogP contribution in [0.15, 0.2) is 43.0 Å². The second-order valence-corrected chi connectivity index (χ2v) is 5.09. The average molecular weight is 280 g/mol. The van der Waals surface area contributed by atoms with Gasteiger partial charge in [0, 0.05) is 18.4 Å². The molecule has 0 spiro atoms. The van der Waals surface area contributed by atoms with Gasteiger partial charge in [0.1, 0.15) is 6.10 Å². The van der Waals surface area contributed by atoms with Crippen LogP contribution in [0.3, 0.4) is 0 Å². The number of ether oxygens (including phenoxy) is 2. The maximum Gasteiger partial charge on any atom is 0.303 e. The maximum atomic E-state index is 11.0. The zero-order valence-corrected chi connectivity index (χ0v) is 12.0. The van der Waals surface area contributed by atoms with Gasteiger partial charge in [-0.05, 0) is 5.56 Å². The molecule has 0 bridgehead atoms. The van der Waals surface area contributed by atoms with Gasteiger partial charge in [-0.25, -0.2) is 0 Å². The van der Waals surface area contributed by atoms with Crippen molar-refractivity contribution in [1.82, 2.24) is 0 Å². The Hall–Kier alpha value is -1.26. The number of benzene rings is 1. The van der Waals surface area contributed by atoms with E-state index in [1.165, 1.54) is 12.5 Å². The number of esters is 1. The third-order valence-electron chi connectivity index (χ3n) is 2.29. The van der Waals surface area contributed by atoms with Crippen LogP contribution >= 0.6 is 11.8 Å². The molecule has 0 saturated carbocycles. The summed E-state index contributed by atoms with van der Waals surface area (Å²) in [5.74, 6) is 1.36. The molecule has 0 saturated heterocycles. The van der Waals surface area contributed by atoms with Gasteiger partial charge in [-0.3, -0.25) is 4.79 Å². The zero-order chi connectivity index (χ0) is 13.9. The first kappa shape index (κ1) is 15.8. The topological polar surface area (TPSA) is 35.5 Å². The van der Waals surface area contributed by atoms with Crippen LogP contribution in [-0.2, 0) is 20.0 Å². The second-order valence-electron chi connectivity index (χ2n) is 4.06. The lowest BCUT2D eigenvalue weighted by Crippen LogP contribution is -2.25. The summed E-state index contributed by atoms with van der Waals surface area (Å²) in [6, 6.07) is 10.2. The number of hydrogen-bond acceptors (Lipinski definition) is 4. The Morgan fingerprint density at radius 3 is 2.79 bits per heavy atom. The largest absolute Gasteiger partial charge is 0.459 e. The van der Waals surface area contributed by atoms with E-state index in [2.05, 4.69) is 18.7 Å². The summed E-state index contributed by atoms with van der Waals surface area (Å²) in [7, 11) is 0. The van der Waals surface area contributed by atoms with Crippen LogP contribution in [0.1, 0.15) is 12.5 Å². The summed E-state index contributed by atoms with van der Waals surface area (Å²) < 4.78 is 10.6. The molecule has 1 aromatic carbocycles. The summed E-state index contributed by atoms with van der Waals surface area (Å²) in [5, 5.41) is 0. The van der Waals surface area contributed by atoms with Crippen LogP contribution in [0.4, 0.5) is 0 Å². The van der Waals surface area contributed by atoms with Gasteiger partial charge in [0.15, 0.2) is 0 Å². The van der Waals surface area contributed by atoms with Crippen molar-refractivity contribution in [3.63, 3.8) is 0 Å². The fourth-order valence-electron chi connectivity index (χ4n) is 1.52. The van der Waals surface area contributed by atoms with Gasteiger partial charge < -0.3 is 9.47 Å². The molecule has 1 aromatic rings. The van der Waals surface area contributed by atoms with Gasteiger partial charge in [-0.1, -0.05) is 36.4 Å². The van der Waals surface area contributed by atoms with Gasteiger partial charge >= 0.3 is 5.97 Å². The lowest BCUT2D eigenvalue weighted by atomic mass is 10.2. The van der Waals surface area contributed by atoms with E-state index in [9.17, 15) is 4.79 Å². The smallest absolute Gasteiger partial charge is 0.303 e. The Morgan fingerprint density at radius 2 is 2.16 bits per heavy atom. The zero-order valence-electron chi connectivity index (χ0n) is 11.2. The molecule has 0 amide bonds. The third-order valence-corrected chi connectivity index (χ3v) is 3.43. The number of carbonyl (C=O) groups excluding carboxylic acids is 1. The minimum absolute atomic E-state index is 0.203. The van der Waals surface area contributed by atoms with Gasteiger partial charge in [0.2, 0.25) is 0 Å². The monoisotopic (exact) mass is 280 g/mol. The number of carbonyl (C=O) groups is 1. The highest BCUT2D eigenvalue weighted by Gasteiger charge is 2.12. The maximum absolute atomic E-state index is 11.0. The molecule has 19 heavy (non-hydrogen) atoms. The van der Waals surface area contributed by atoms with E-state index < -0.39 is 0 Å². The highest BCUT2D eigenvalue weighted by atomic mass is 32.2. The lowest BCUT2D eigenvalue weighted by molar-refractivity contribution is -0.147. The molecule has 0 radical (unpaired) electrons. The first-order valence-corrected chi connectivity index (χ1v) is 7.35. The average Bonchev–Trinajstić information content (AvgIpc) is 2.39.